The lowest BCUT2D eigenvalue weighted by molar-refractivity contribution is -0.931. The molecule has 0 heterocycles. The molecule has 1 unspecified atom stereocenters. The van der Waals surface area contributed by atoms with Crippen LogP contribution in [-0.4, -0.2) is 39.6 Å². The summed E-state index contributed by atoms with van der Waals surface area (Å²) in [5, 5.41) is 0. The molecule has 0 bridgehead atoms. The maximum Gasteiger partial charge on any atom is 0.182 e. The minimum Gasteiger partial charge on any atom is -0.335 e. The Balaban J connectivity index is 2.78. The topological polar surface area (TPSA) is 9.23 Å². The Morgan fingerprint density at radius 1 is 1.12 bits per heavy atom. The van der Waals surface area contributed by atoms with E-state index in [0.717, 1.165) is 17.8 Å². The van der Waals surface area contributed by atoms with Gasteiger partial charge in [-0.2, -0.15) is 0 Å². The summed E-state index contributed by atoms with van der Waals surface area (Å²) in [5.41, 5.74) is 1.39. The van der Waals surface area contributed by atoms with Crippen molar-refractivity contribution in [3.8, 4) is 0 Å². The van der Waals surface area contributed by atoms with E-state index in [-0.39, 0.29) is 0 Å². The van der Waals surface area contributed by atoms with Crippen LogP contribution in [0.5, 0.6) is 0 Å². The molecule has 0 fully saturated rings. The van der Waals surface area contributed by atoms with Crippen molar-refractivity contribution in [2.75, 3.05) is 27.1 Å². The van der Waals surface area contributed by atoms with Gasteiger partial charge in [0.1, 0.15) is 14.6 Å². The molecule has 0 spiro atoms. The van der Waals surface area contributed by atoms with Gasteiger partial charge >= 0.3 is 0 Å². The molecule has 0 amide bonds. The number of benzene rings is 1. The summed E-state index contributed by atoms with van der Waals surface area (Å²) in [6.07, 6.45) is 1.25. The fourth-order valence-electron chi connectivity index (χ4n) is 2.63. The first-order chi connectivity index (χ1) is 7.85. The van der Waals surface area contributed by atoms with Gasteiger partial charge in [-0.3, -0.25) is 0 Å². The van der Waals surface area contributed by atoms with E-state index >= 15 is 0 Å². The van der Waals surface area contributed by atoms with Crippen molar-refractivity contribution >= 4 is 8.07 Å². The maximum absolute atomic E-state index is 5.42. The van der Waals surface area contributed by atoms with Crippen molar-refractivity contribution in [1.82, 2.24) is 0 Å². The lowest BCUT2D eigenvalue weighted by Gasteiger charge is -2.38. The summed E-state index contributed by atoms with van der Waals surface area (Å²) in [5.74, 6) is 0. The molecule has 1 aromatic rings. The minimum atomic E-state index is -1.09. The largest absolute Gasteiger partial charge is 0.335 e. The second kappa shape index (κ2) is 5.80. The first kappa shape index (κ1) is 14.4. The van der Waals surface area contributed by atoms with Gasteiger partial charge in [-0.25, -0.2) is 0 Å². The Kier molecular flexibility index (Phi) is 4.92. The molecule has 0 saturated carbocycles. The smallest absolute Gasteiger partial charge is 0.182 e. The summed E-state index contributed by atoms with van der Waals surface area (Å²) in [6, 6.07) is 10.7. The zero-order valence-electron chi connectivity index (χ0n) is 11.9. The summed E-state index contributed by atoms with van der Waals surface area (Å²) in [6.45, 7) is 9.11. The molecule has 2 nitrogen and oxygen atoms in total. The van der Waals surface area contributed by atoms with Crippen LogP contribution in [-0.2, 0) is 11.3 Å². The Bertz CT molecular complexity index is 334. The summed E-state index contributed by atoms with van der Waals surface area (Å²) < 4.78 is 6.40. The van der Waals surface area contributed by atoms with Crippen LogP contribution in [0.2, 0.25) is 19.6 Å². The monoisotopic (exact) mass is 252 g/mol. The molecule has 0 N–H and O–H groups in total. The lowest BCUT2D eigenvalue weighted by atomic mass is 10.2. The van der Waals surface area contributed by atoms with Gasteiger partial charge in [-0.1, -0.05) is 50.0 Å². The third-order valence-corrected chi connectivity index (χ3v) is 4.42. The van der Waals surface area contributed by atoms with Gasteiger partial charge in [0.05, 0.1) is 13.2 Å². The van der Waals surface area contributed by atoms with Crippen molar-refractivity contribution in [3.05, 3.63) is 35.9 Å². The van der Waals surface area contributed by atoms with Gasteiger partial charge in [0.15, 0.2) is 6.73 Å². The van der Waals surface area contributed by atoms with E-state index in [1.807, 2.05) is 0 Å². The molecule has 0 aliphatic heterocycles. The second-order valence-electron chi connectivity index (χ2n) is 6.40. The highest BCUT2D eigenvalue weighted by Gasteiger charge is 2.30. The van der Waals surface area contributed by atoms with Crippen LogP contribution in [0.3, 0.4) is 0 Å². The Morgan fingerprint density at radius 2 is 1.71 bits per heavy atom. The first-order valence-electron chi connectivity index (χ1n) is 6.21. The summed E-state index contributed by atoms with van der Waals surface area (Å²) in [7, 11) is 3.01. The number of methoxy groups -OCH3 is 1. The third-order valence-electron chi connectivity index (χ3n) is 2.70. The third kappa shape index (κ3) is 5.48. The number of rotatable bonds is 6. The number of ether oxygens (including phenoxy) is 1. The normalized spacial score (nSPS) is 15.6. The van der Waals surface area contributed by atoms with E-state index in [2.05, 4.69) is 57.0 Å². The van der Waals surface area contributed by atoms with Crippen molar-refractivity contribution in [2.45, 2.75) is 26.2 Å². The molecule has 0 aliphatic carbocycles. The highest BCUT2D eigenvalue weighted by atomic mass is 28.3. The first-order valence-corrected chi connectivity index (χ1v) is 9.92. The van der Waals surface area contributed by atoms with Gasteiger partial charge < -0.3 is 9.22 Å². The standard InChI is InChI=1S/C14H26NOSi/c1-15(12-16-2,13-17(3,4)5)11-14-9-7-6-8-10-14/h6-10H,11-13H2,1-5H3/q+1. The van der Waals surface area contributed by atoms with Crippen LogP contribution >= 0.6 is 0 Å². The molecule has 1 aromatic carbocycles. The Morgan fingerprint density at radius 3 is 2.18 bits per heavy atom. The predicted molar refractivity (Wildman–Crippen MR) is 76.4 cm³/mol. The van der Waals surface area contributed by atoms with Crippen LogP contribution < -0.4 is 0 Å². The maximum atomic E-state index is 5.42. The van der Waals surface area contributed by atoms with Gasteiger partial charge in [-0.05, 0) is 0 Å². The molecule has 17 heavy (non-hydrogen) atoms. The van der Waals surface area contributed by atoms with Crippen molar-refractivity contribution in [3.63, 3.8) is 0 Å². The quantitative estimate of drug-likeness (QED) is 0.429. The van der Waals surface area contributed by atoms with Crippen LogP contribution in [0.1, 0.15) is 5.56 Å². The zero-order chi connectivity index (χ0) is 12.9. The van der Waals surface area contributed by atoms with Gasteiger partial charge in [-0.15, -0.1) is 0 Å². The molecular weight excluding hydrogens is 226 g/mol. The van der Waals surface area contributed by atoms with Crippen LogP contribution in [0.15, 0.2) is 30.3 Å². The van der Waals surface area contributed by atoms with E-state index in [4.69, 9.17) is 4.74 Å². The number of hydrogen-bond acceptors (Lipinski definition) is 1. The zero-order valence-corrected chi connectivity index (χ0v) is 12.9. The average Bonchev–Trinajstić information content (AvgIpc) is 2.15. The number of nitrogens with zero attached hydrogens (tertiary/aromatic N) is 1. The van der Waals surface area contributed by atoms with Crippen LogP contribution in [0.4, 0.5) is 0 Å². The van der Waals surface area contributed by atoms with Crippen LogP contribution in [0, 0.1) is 0 Å². The van der Waals surface area contributed by atoms with Crippen molar-refractivity contribution < 1.29 is 9.22 Å². The van der Waals surface area contributed by atoms with Crippen LogP contribution in [0.25, 0.3) is 0 Å². The lowest BCUT2D eigenvalue weighted by Crippen LogP contribution is -2.53. The molecule has 3 heteroatoms. The molecule has 0 aliphatic rings. The van der Waals surface area contributed by atoms with Crippen molar-refractivity contribution in [2.24, 2.45) is 0 Å². The molecule has 1 atom stereocenters. The van der Waals surface area contributed by atoms with E-state index in [9.17, 15) is 0 Å². The predicted octanol–water partition coefficient (Wildman–Crippen LogP) is 3.11. The average molecular weight is 252 g/mol. The van der Waals surface area contributed by atoms with Gasteiger partial charge in [0.25, 0.3) is 0 Å². The number of hydrogen-bond donors (Lipinski definition) is 0. The molecule has 96 valence electrons. The Hall–Kier alpha value is -0.643. The second-order valence-corrected chi connectivity index (χ2v) is 11.8. The molecule has 1 rings (SSSR count). The Labute approximate surface area is 107 Å². The number of quaternary nitrogens is 1. The highest BCUT2D eigenvalue weighted by molar-refractivity contribution is 6.75. The van der Waals surface area contributed by atoms with Gasteiger partial charge in [0, 0.05) is 12.7 Å². The van der Waals surface area contributed by atoms with E-state index < -0.39 is 8.07 Å². The van der Waals surface area contributed by atoms with E-state index in [1.165, 1.54) is 11.7 Å². The molecule has 0 radical (unpaired) electrons. The fraction of sp³-hybridized carbons (Fsp3) is 0.571. The molecule has 0 aromatic heterocycles. The molecular formula is C14H26NOSi+. The minimum absolute atomic E-state index is 0.791. The highest BCUT2D eigenvalue weighted by Crippen LogP contribution is 2.16. The summed E-state index contributed by atoms with van der Waals surface area (Å²) >= 11 is 0. The molecule has 0 saturated heterocycles. The summed E-state index contributed by atoms with van der Waals surface area (Å²) in [4.78, 5) is 0. The van der Waals surface area contributed by atoms with Gasteiger partial charge in [0.2, 0.25) is 0 Å². The fourth-order valence-corrected chi connectivity index (χ4v) is 5.12. The SMILES string of the molecule is COC[N+](C)(Cc1ccccc1)C[Si](C)(C)C. The van der Waals surface area contributed by atoms with Crippen molar-refractivity contribution in [1.29, 1.82) is 0 Å². The van der Waals surface area contributed by atoms with E-state index in [0.29, 0.717) is 0 Å². The van der Waals surface area contributed by atoms with E-state index in [1.54, 1.807) is 7.11 Å².